The molecule has 2 aliphatic rings. The van der Waals surface area contributed by atoms with Crippen molar-refractivity contribution in [2.24, 2.45) is 15.8 Å². The van der Waals surface area contributed by atoms with E-state index >= 15 is 0 Å². The van der Waals surface area contributed by atoms with Crippen LogP contribution in [0.2, 0.25) is 0 Å². The molecule has 1 amide bonds. The van der Waals surface area contributed by atoms with Gasteiger partial charge in [-0.2, -0.15) is 0 Å². The van der Waals surface area contributed by atoms with Crippen molar-refractivity contribution < 1.29 is 4.79 Å². The van der Waals surface area contributed by atoms with Crippen LogP contribution in [0.1, 0.15) is 61.8 Å². The van der Waals surface area contributed by atoms with Gasteiger partial charge in [-0.3, -0.25) is 9.79 Å². The van der Waals surface area contributed by atoms with E-state index in [-0.39, 0.29) is 28.8 Å². The Morgan fingerprint density at radius 1 is 1.18 bits per heavy atom. The maximum absolute atomic E-state index is 11.5. The normalized spacial score (nSPS) is 26.0. The first-order valence-electron chi connectivity index (χ1n) is 8.27. The van der Waals surface area contributed by atoms with Gasteiger partial charge in [0.2, 0.25) is 5.91 Å². The Morgan fingerprint density at radius 2 is 1.77 bits per heavy atom. The number of amidine groups is 1. The van der Waals surface area contributed by atoms with Crippen LogP contribution in [-0.2, 0) is 4.79 Å². The lowest BCUT2D eigenvalue weighted by Crippen LogP contribution is -2.44. The Morgan fingerprint density at radius 3 is 2.23 bits per heavy atom. The lowest BCUT2D eigenvalue weighted by atomic mass is 9.79. The third kappa shape index (κ3) is 3.21. The molecule has 0 aromatic rings. The van der Waals surface area contributed by atoms with Gasteiger partial charge in [0, 0.05) is 31.0 Å². The number of amides is 1. The summed E-state index contributed by atoms with van der Waals surface area (Å²) < 4.78 is 0. The van der Waals surface area contributed by atoms with Gasteiger partial charge in [0.25, 0.3) is 0 Å². The standard InChI is InChI=1S/C18H31N3O/c1-11-15(17(3,4)5)14-9-13(20-12(2)22)10-21(14)16(19-11)18(6,7)8/h11,13H,9-10H2,1-8H3,(H,20,22)/t11-,13-/m0/s1. The molecule has 1 fully saturated rings. The molecule has 22 heavy (non-hydrogen) atoms. The summed E-state index contributed by atoms with van der Waals surface area (Å²) in [5.41, 5.74) is 2.88. The summed E-state index contributed by atoms with van der Waals surface area (Å²) in [6.07, 6.45) is 0.908. The highest BCUT2D eigenvalue weighted by Crippen LogP contribution is 2.42. The molecule has 0 radical (unpaired) electrons. The summed E-state index contributed by atoms with van der Waals surface area (Å²) >= 11 is 0. The number of hydrogen-bond acceptors (Lipinski definition) is 3. The van der Waals surface area contributed by atoms with Crippen LogP contribution in [0.4, 0.5) is 0 Å². The van der Waals surface area contributed by atoms with Gasteiger partial charge < -0.3 is 10.2 Å². The average molecular weight is 305 g/mol. The van der Waals surface area contributed by atoms with E-state index in [1.54, 1.807) is 6.92 Å². The van der Waals surface area contributed by atoms with Crippen molar-refractivity contribution >= 4 is 11.7 Å². The summed E-state index contributed by atoms with van der Waals surface area (Å²) in [6.45, 7) is 18.0. The van der Waals surface area contributed by atoms with Gasteiger partial charge in [-0.1, -0.05) is 41.5 Å². The number of nitrogens with zero attached hydrogens (tertiary/aromatic N) is 2. The molecule has 4 heteroatoms. The van der Waals surface area contributed by atoms with Crippen LogP contribution in [0.3, 0.4) is 0 Å². The minimum Gasteiger partial charge on any atom is -0.351 e. The fraction of sp³-hybridized carbons (Fsp3) is 0.778. The van der Waals surface area contributed by atoms with Gasteiger partial charge in [0.15, 0.2) is 0 Å². The van der Waals surface area contributed by atoms with E-state index < -0.39 is 0 Å². The van der Waals surface area contributed by atoms with Crippen molar-refractivity contribution in [1.29, 1.82) is 0 Å². The highest BCUT2D eigenvalue weighted by Gasteiger charge is 2.42. The number of hydrogen-bond donors (Lipinski definition) is 1. The quantitative estimate of drug-likeness (QED) is 0.807. The molecule has 1 saturated heterocycles. The van der Waals surface area contributed by atoms with E-state index in [4.69, 9.17) is 4.99 Å². The molecule has 2 heterocycles. The van der Waals surface area contributed by atoms with E-state index in [0.29, 0.717) is 0 Å². The lowest BCUT2D eigenvalue weighted by Gasteiger charge is -2.41. The van der Waals surface area contributed by atoms with Crippen LogP contribution >= 0.6 is 0 Å². The molecule has 0 saturated carbocycles. The predicted molar refractivity (Wildman–Crippen MR) is 91.8 cm³/mol. The van der Waals surface area contributed by atoms with Crippen LogP contribution in [0.15, 0.2) is 16.3 Å². The molecule has 1 N–H and O–H groups in total. The molecular formula is C18H31N3O. The Labute approximate surface area is 135 Å². The second-order valence-electron chi connectivity index (χ2n) is 8.70. The van der Waals surface area contributed by atoms with E-state index in [2.05, 4.69) is 58.7 Å². The first kappa shape index (κ1) is 17.0. The molecule has 0 unspecified atom stereocenters. The number of aliphatic imine (C=N–C) groups is 1. The van der Waals surface area contributed by atoms with Crippen molar-refractivity contribution in [3.8, 4) is 0 Å². The second-order valence-corrected chi connectivity index (χ2v) is 8.70. The largest absolute Gasteiger partial charge is 0.351 e. The molecule has 4 nitrogen and oxygen atoms in total. The molecule has 2 atom stereocenters. The van der Waals surface area contributed by atoms with Crippen LogP contribution in [0, 0.1) is 10.8 Å². The first-order valence-corrected chi connectivity index (χ1v) is 8.27. The highest BCUT2D eigenvalue weighted by molar-refractivity contribution is 5.90. The maximum atomic E-state index is 11.5. The molecule has 124 valence electrons. The van der Waals surface area contributed by atoms with Crippen LogP contribution < -0.4 is 5.32 Å². The van der Waals surface area contributed by atoms with E-state index in [9.17, 15) is 4.79 Å². The summed E-state index contributed by atoms with van der Waals surface area (Å²) in [4.78, 5) is 18.8. The molecule has 0 aromatic heterocycles. The fourth-order valence-electron chi connectivity index (χ4n) is 3.81. The lowest BCUT2D eigenvalue weighted by molar-refractivity contribution is -0.119. The average Bonchev–Trinajstić information content (AvgIpc) is 2.65. The number of nitrogens with one attached hydrogen (secondary N) is 1. The number of carbonyl (C=O) groups is 1. The minimum absolute atomic E-state index is 0.00797. The van der Waals surface area contributed by atoms with Crippen molar-refractivity contribution in [1.82, 2.24) is 10.2 Å². The zero-order chi connectivity index (χ0) is 16.9. The van der Waals surface area contributed by atoms with E-state index in [0.717, 1.165) is 18.8 Å². The van der Waals surface area contributed by atoms with Gasteiger partial charge in [-0.15, -0.1) is 0 Å². The third-order valence-corrected chi connectivity index (χ3v) is 4.36. The SMILES string of the molecule is CC(=O)N[C@H]1CC2=C(C(C)(C)C)[C@H](C)N=C(C(C)(C)C)N2C1. The van der Waals surface area contributed by atoms with Gasteiger partial charge in [-0.25, -0.2) is 0 Å². The van der Waals surface area contributed by atoms with E-state index in [1.807, 2.05) is 0 Å². The van der Waals surface area contributed by atoms with E-state index in [1.165, 1.54) is 11.3 Å². The van der Waals surface area contributed by atoms with Crippen LogP contribution in [0.5, 0.6) is 0 Å². The van der Waals surface area contributed by atoms with Crippen LogP contribution in [-0.4, -0.2) is 35.3 Å². The van der Waals surface area contributed by atoms with Gasteiger partial charge >= 0.3 is 0 Å². The van der Waals surface area contributed by atoms with Gasteiger partial charge in [0.05, 0.1) is 12.1 Å². The summed E-state index contributed by atoms with van der Waals surface area (Å²) in [5, 5.41) is 3.09. The fourth-order valence-corrected chi connectivity index (χ4v) is 3.81. The Bertz CT molecular complexity index is 532. The zero-order valence-corrected chi connectivity index (χ0v) is 15.4. The molecule has 2 aliphatic heterocycles. The number of carbonyl (C=O) groups excluding carboxylic acids is 1. The second kappa shape index (κ2) is 5.39. The number of fused-ring (bicyclic) bond motifs is 1. The first-order chi connectivity index (χ1) is 9.91. The molecular weight excluding hydrogens is 274 g/mol. The van der Waals surface area contributed by atoms with Crippen molar-refractivity contribution in [2.45, 2.75) is 73.9 Å². The Balaban J connectivity index is 2.47. The summed E-state index contributed by atoms with van der Waals surface area (Å²) in [5.74, 6) is 1.20. The molecule has 0 aromatic carbocycles. The monoisotopic (exact) mass is 305 g/mol. The van der Waals surface area contributed by atoms with Crippen molar-refractivity contribution in [3.05, 3.63) is 11.3 Å². The summed E-state index contributed by atoms with van der Waals surface area (Å²) in [6, 6.07) is 0.388. The molecule has 0 spiro atoms. The minimum atomic E-state index is 0.00797. The Kier molecular flexibility index (Phi) is 4.18. The Hall–Kier alpha value is -1.32. The highest BCUT2D eigenvalue weighted by atomic mass is 16.1. The smallest absolute Gasteiger partial charge is 0.217 e. The number of rotatable bonds is 1. The van der Waals surface area contributed by atoms with Crippen molar-refractivity contribution in [3.63, 3.8) is 0 Å². The third-order valence-electron chi connectivity index (χ3n) is 4.36. The molecule has 2 rings (SSSR count). The maximum Gasteiger partial charge on any atom is 0.217 e. The summed E-state index contributed by atoms with van der Waals surface area (Å²) in [7, 11) is 0. The van der Waals surface area contributed by atoms with Crippen LogP contribution in [0.25, 0.3) is 0 Å². The predicted octanol–water partition coefficient (Wildman–Crippen LogP) is 3.34. The molecule has 0 bridgehead atoms. The van der Waals surface area contributed by atoms with Gasteiger partial charge in [-0.05, 0) is 17.9 Å². The molecule has 0 aliphatic carbocycles. The topological polar surface area (TPSA) is 44.7 Å². The zero-order valence-electron chi connectivity index (χ0n) is 15.4. The van der Waals surface area contributed by atoms with Gasteiger partial charge in [0.1, 0.15) is 5.84 Å². The van der Waals surface area contributed by atoms with Crippen molar-refractivity contribution in [2.75, 3.05) is 6.54 Å².